The Balaban J connectivity index is 2.67. The second kappa shape index (κ2) is 6.97. The lowest BCUT2D eigenvalue weighted by molar-refractivity contribution is -0.153. The van der Waals surface area contributed by atoms with Crippen molar-refractivity contribution in [3.8, 4) is 0 Å². The number of carboxylic acid groups (broad SMARTS) is 1. The maximum atomic E-state index is 11.5. The molecule has 100 valence electrons. The number of rotatable bonds is 5. The molecule has 1 rings (SSSR count). The smallest absolute Gasteiger partial charge is 0.309 e. The molecule has 1 aliphatic carbocycles. The van der Waals surface area contributed by atoms with Gasteiger partial charge in [0.15, 0.2) is 0 Å². The van der Waals surface area contributed by atoms with Crippen LogP contribution in [0.4, 0.5) is 0 Å². The molecule has 1 aliphatic rings. The number of aliphatic hydroxyl groups excluding tert-OH is 1. The molecule has 0 spiro atoms. The van der Waals surface area contributed by atoms with Crippen molar-refractivity contribution in [1.29, 1.82) is 0 Å². The molecule has 4 nitrogen and oxygen atoms in total. The van der Waals surface area contributed by atoms with E-state index in [0.29, 0.717) is 19.3 Å². The van der Waals surface area contributed by atoms with Gasteiger partial charge in [-0.2, -0.15) is 0 Å². The maximum Gasteiger partial charge on any atom is 0.309 e. The van der Waals surface area contributed by atoms with E-state index < -0.39 is 17.5 Å². The molecule has 17 heavy (non-hydrogen) atoms. The van der Waals surface area contributed by atoms with Crippen LogP contribution in [0, 0.1) is 5.41 Å². The normalized spacial score (nSPS) is 22.5. The zero-order valence-corrected chi connectivity index (χ0v) is 10.7. The molecule has 0 amide bonds. The second-order valence-corrected chi connectivity index (χ2v) is 5.17. The number of aliphatic hydroxyl groups is 1. The van der Waals surface area contributed by atoms with E-state index in [-0.39, 0.29) is 6.61 Å². The molecule has 0 aromatic carbocycles. The van der Waals surface area contributed by atoms with E-state index >= 15 is 0 Å². The van der Waals surface area contributed by atoms with Gasteiger partial charge in [0.05, 0.1) is 18.1 Å². The van der Waals surface area contributed by atoms with E-state index in [0.717, 1.165) is 25.7 Å². The molecule has 4 heteroatoms. The van der Waals surface area contributed by atoms with Crippen LogP contribution in [0.3, 0.4) is 0 Å². The molecule has 0 aromatic heterocycles. The van der Waals surface area contributed by atoms with Crippen LogP contribution < -0.4 is 0 Å². The summed E-state index contributed by atoms with van der Waals surface area (Å²) in [6, 6.07) is 0. The summed E-state index contributed by atoms with van der Waals surface area (Å²) in [5, 5.41) is 19.3. The van der Waals surface area contributed by atoms with E-state index in [1.54, 1.807) is 0 Å². The van der Waals surface area contributed by atoms with Gasteiger partial charge in [0, 0.05) is 7.11 Å². The number of hydrogen-bond donors (Lipinski definition) is 2. The molecular formula is C13H24O4. The van der Waals surface area contributed by atoms with Gasteiger partial charge in [-0.25, -0.2) is 0 Å². The Hall–Kier alpha value is -0.610. The van der Waals surface area contributed by atoms with Gasteiger partial charge in [0.25, 0.3) is 0 Å². The number of methoxy groups -OCH3 is 1. The molecular weight excluding hydrogens is 220 g/mol. The fourth-order valence-electron chi connectivity index (χ4n) is 2.79. The second-order valence-electron chi connectivity index (χ2n) is 5.17. The first-order valence-corrected chi connectivity index (χ1v) is 6.51. The van der Waals surface area contributed by atoms with Crippen molar-refractivity contribution in [3.05, 3.63) is 0 Å². The summed E-state index contributed by atoms with van der Waals surface area (Å²) in [5.41, 5.74) is -0.738. The fraction of sp³-hybridized carbons (Fsp3) is 0.923. The Morgan fingerprint density at radius 2 is 1.76 bits per heavy atom. The first kappa shape index (κ1) is 14.5. The Morgan fingerprint density at radius 1 is 1.24 bits per heavy atom. The SMILES string of the molecule is COCC(O)CC1(C(=O)O)CCCCCCC1. The van der Waals surface area contributed by atoms with Crippen LogP contribution in [0.5, 0.6) is 0 Å². The van der Waals surface area contributed by atoms with E-state index in [1.807, 2.05) is 0 Å². The van der Waals surface area contributed by atoms with Crippen molar-refractivity contribution in [1.82, 2.24) is 0 Å². The average molecular weight is 244 g/mol. The van der Waals surface area contributed by atoms with Crippen LogP contribution in [0.2, 0.25) is 0 Å². The van der Waals surface area contributed by atoms with Crippen LogP contribution >= 0.6 is 0 Å². The van der Waals surface area contributed by atoms with Crippen LogP contribution in [0.1, 0.15) is 51.4 Å². The van der Waals surface area contributed by atoms with Crippen LogP contribution in [0.15, 0.2) is 0 Å². The van der Waals surface area contributed by atoms with Crippen molar-refractivity contribution in [2.24, 2.45) is 5.41 Å². The summed E-state index contributed by atoms with van der Waals surface area (Å²) in [4.78, 5) is 11.5. The summed E-state index contributed by atoms with van der Waals surface area (Å²) in [6.07, 6.45) is 6.33. The van der Waals surface area contributed by atoms with Gasteiger partial charge in [-0.1, -0.05) is 32.1 Å². The fourth-order valence-corrected chi connectivity index (χ4v) is 2.79. The van der Waals surface area contributed by atoms with Crippen molar-refractivity contribution in [3.63, 3.8) is 0 Å². The largest absolute Gasteiger partial charge is 0.481 e. The number of carbonyl (C=O) groups is 1. The minimum Gasteiger partial charge on any atom is -0.481 e. The van der Waals surface area contributed by atoms with Gasteiger partial charge in [0.2, 0.25) is 0 Å². The highest BCUT2D eigenvalue weighted by atomic mass is 16.5. The molecule has 2 N–H and O–H groups in total. The molecule has 1 atom stereocenters. The third kappa shape index (κ3) is 4.28. The molecule has 0 aliphatic heterocycles. The predicted octanol–water partition coefficient (Wildman–Crippen LogP) is 2.20. The number of hydrogen-bond acceptors (Lipinski definition) is 3. The topological polar surface area (TPSA) is 66.8 Å². The minimum atomic E-state index is -0.755. The van der Waals surface area contributed by atoms with Crippen molar-refractivity contribution >= 4 is 5.97 Å². The Morgan fingerprint density at radius 3 is 2.24 bits per heavy atom. The summed E-state index contributed by atoms with van der Waals surface area (Å²) in [6.45, 7) is 0.217. The van der Waals surface area contributed by atoms with Gasteiger partial charge >= 0.3 is 5.97 Å². The summed E-state index contributed by atoms with van der Waals surface area (Å²) >= 11 is 0. The third-order valence-corrected chi connectivity index (χ3v) is 3.75. The predicted molar refractivity (Wildman–Crippen MR) is 64.9 cm³/mol. The minimum absolute atomic E-state index is 0.217. The highest BCUT2D eigenvalue weighted by Gasteiger charge is 2.39. The van der Waals surface area contributed by atoms with Crippen molar-refractivity contribution in [2.45, 2.75) is 57.5 Å². The van der Waals surface area contributed by atoms with E-state index in [2.05, 4.69) is 0 Å². The summed E-state index contributed by atoms with van der Waals surface area (Å²) in [7, 11) is 1.52. The van der Waals surface area contributed by atoms with Crippen LogP contribution in [-0.4, -0.2) is 36.0 Å². The maximum absolute atomic E-state index is 11.5. The highest BCUT2D eigenvalue weighted by molar-refractivity contribution is 5.74. The standard InChI is InChI=1S/C13H24O4/c1-17-10-11(14)9-13(12(15)16)7-5-3-2-4-6-8-13/h11,14H,2-10H2,1H3,(H,15,16). The molecule has 0 aromatic rings. The third-order valence-electron chi connectivity index (χ3n) is 3.75. The van der Waals surface area contributed by atoms with Gasteiger partial charge in [-0.05, 0) is 19.3 Å². The number of carboxylic acids is 1. The van der Waals surface area contributed by atoms with Crippen LogP contribution in [-0.2, 0) is 9.53 Å². The lowest BCUT2D eigenvalue weighted by Crippen LogP contribution is -2.36. The monoisotopic (exact) mass is 244 g/mol. The molecule has 1 fully saturated rings. The lowest BCUT2D eigenvalue weighted by Gasteiger charge is -2.32. The average Bonchev–Trinajstić information content (AvgIpc) is 2.22. The Kier molecular flexibility index (Phi) is 5.92. The highest BCUT2D eigenvalue weighted by Crippen LogP contribution is 2.38. The quantitative estimate of drug-likeness (QED) is 0.778. The molecule has 0 radical (unpaired) electrons. The van der Waals surface area contributed by atoms with E-state index in [9.17, 15) is 15.0 Å². The van der Waals surface area contributed by atoms with E-state index in [1.165, 1.54) is 13.5 Å². The Bertz CT molecular complexity index is 232. The van der Waals surface area contributed by atoms with Gasteiger partial charge < -0.3 is 14.9 Å². The molecule has 0 saturated heterocycles. The van der Waals surface area contributed by atoms with Gasteiger partial charge in [0.1, 0.15) is 0 Å². The van der Waals surface area contributed by atoms with E-state index in [4.69, 9.17) is 4.74 Å². The first-order valence-electron chi connectivity index (χ1n) is 6.51. The van der Waals surface area contributed by atoms with Gasteiger partial charge in [-0.15, -0.1) is 0 Å². The number of ether oxygens (including phenoxy) is 1. The zero-order valence-electron chi connectivity index (χ0n) is 10.7. The molecule has 1 unspecified atom stereocenters. The number of aliphatic carboxylic acids is 1. The van der Waals surface area contributed by atoms with Crippen molar-refractivity contribution < 1.29 is 19.7 Å². The molecule has 1 saturated carbocycles. The first-order chi connectivity index (χ1) is 8.10. The van der Waals surface area contributed by atoms with Crippen LogP contribution in [0.25, 0.3) is 0 Å². The zero-order chi connectivity index (χ0) is 12.7. The molecule has 0 bridgehead atoms. The lowest BCUT2D eigenvalue weighted by atomic mass is 9.72. The molecule has 0 heterocycles. The summed E-state index contributed by atoms with van der Waals surface area (Å²) < 4.78 is 4.88. The summed E-state index contributed by atoms with van der Waals surface area (Å²) in [5.74, 6) is -0.755. The van der Waals surface area contributed by atoms with Gasteiger partial charge in [-0.3, -0.25) is 4.79 Å². The Labute approximate surface area is 103 Å². The van der Waals surface area contributed by atoms with Crippen molar-refractivity contribution in [2.75, 3.05) is 13.7 Å².